The summed E-state index contributed by atoms with van der Waals surface area (Å²) in [5, 5.41) is 1.33. The Morgan fingerprint density at radius 1 is 0.358 bits per heavy atom. The summed E-state index contributed by atoms with van der Waals surface area (Å²) in [6.45, 7) is 34.6. The number of benzene rings is 9. The molecule has 0 saturated carbocycles. The molecule has 0 radical (unpaired) electrons. The number of hydrogen-bond donors (Lipinski definition) is 0. The molecule has 0 amide bonds. The third-order valence-corrected chi connectivity index (χ3v) is 19.8. The van der Waals surface area contributed by atoms with E-state index in [0.29, 0.717) is 0 Å². The van der Waals surface area contributed by atoms with E-state index in [1.807, 2.05) is 0 Å². The summed E-state index contributed by atoms with van der Waals surface area (Å²) < 4.78 is 2.95. The van der Waals surface area contributed by atoms with Crippen molar-refractivity contribution in [3.05, 3.63) is 228 Å². The van der Waals surface area contributed by atoms with Crippen molar-refractivity contribution in [2.45, 2.75) is 131 Å². The van der Waals surface area contributed by atoms with Gasteiger partial charge in [0.1, 0.15) is 0 Å². The average Bonchev–Trinajstić information content (AvgIpc) is 2.24. The van der Waals surface area contributed by atoms with Crippen LogP contribution in [-0.4, -0.2) is 21.2 Å². The van der Waals surface area contributed by atoms with Crippen LogP contribution in [0.15, 0.2) is 200 Å². The fourth-order valence-electron chi connectivity index (χ4n) is 12.3. The summed E-state index contributed by atoms with van der Waals surface area (Å²) in [6.07, 6.45) is 0. The van der Waals surface area contributed by atoms with Gasteiger partial charge >= 0.3 is 452 Å². The van der Waals surface area contributed by atoms with Crippen LogP contribution >= 0.6 is 0 Å². The summed E-state index contributed by atoms with van der Waals surface area (Å²) in [6, 6.07) is 77.4. The fourth-order valence-corrected chi connectivity index (χ4v) is 15.3. The molecule has 406 valence electrons. The Morgan fingerprint density at radius 2 is 0.815 bits per heavy atom. The Balaban J connectivity index is 1.14. The molecular weight excluding hydrogens is 1040 g/mol. The second kappa shape index (κ2) is 19.7. The van der Waals surface area contributed by atoms with Gasteiger partial charge in [-0.15, -0.1) is 0 Å². The van der Waals surface area contributed by atoms with Crippen LogP contribution in [0.4, 0.5) is 51.2 Å². The molecule has 12 rings (SSSR count). The number of nitrogens with zero attached hydrogens (tertiary/aromatic N) is 3. The Morgan fingerprint density at radius 3 is 1.33 bits per heavy atom. The molecule has 3 nitrogen and oxygen atoms in total. The molecule has 2 aliphatic rings. The monoisotopic (exact) mass is 1120 g/mol. The first kappa shape index (κ1) is 54.3. The first-order valence-corrected chi connectivity index (χ1v) is 30.9. The van der Waals surface area contributed by atoms with Gasteiger partial charge in [-0.2, -0.15) is 0 Å². The minimum absolute atomic E-state index is 0.000642. The van der Waals surface area contributed by atoms with Crippen molar-refractivity contribution in [1.29, 1.82) is 0 Å². The zero-order valence-corrected chi connectivity index (χ0v) is 52.1. The van der Waals surface area contributed by atoms with Crippen LogP contribution in [0.5, 0.6) is 0 Å². The molecule has 9 aromatic carbocycles. The number of rotatable bonds is 7. The third-order valence-electron chi connectivity index (χ3n) is 17.1. The van der Waals surface area contributed by atoms with Crippen LogP contribution in [0.25, 0.3) is 31.9 Å². The van der Waals surface area contributed by atoms with Crippen LogP contribution in [0.2, 0.25) is 0 Å². The van der Waals surface area contributed by atoms with Crippen molar-refractivity contribution < 1.29 is 0 Å². The summed E-state index contributed by atoms with van der Waals surface area (Å²) in [4.78, 5) is 7.69. The molecule has 0 bridgehead atoms. The molecule has 0 spiro atoms. The molecule has 0 saturated heterocycles. The molecule has 0 aliphatic carbocycles. The zero-order chi connectivity index (χ0) is 57.1. The van der Waals surface area contributed by atoms with Crippen molar-refractivity contribution in [2.75, 3.05) is 14.7 Å². The Labute approximate surface area is 490 Å². The second-order valence-corrected chi connectivity index (χ2v) is 30.2. The van der Waals surface area contributed by atoms with Gasteiger partial charge in [0.2, 0.25) is 0 Å². The number of fused-ring (bicyclic) bond motifs is 6. The number of hydrogen-bond acceptors (Lipinski definition) is 3. The van der Waals surface area contributed by atoms with E-state index in [1.54, 1.807) is 0 Å². The van der Waals surface area contributed by atoms with E-state index in [2.05, 4.69) is 319 Å². The Hall–Kier alpha value is -7.30. The molecule has 3 heterocycles. The molecule has 0 atom stereocenters. The average molecular weight is 1120 g/mol. The van der Waals surface area contributed by atoms with Gasteiger partial charge in [0, 0.05) is 0 Å². The van der Waals surface area contributed by atoms with Crippen LogP contribution in [-0.2, 0) is 27.1 Å². The van der Waals surface area contributed by atoms with E-state index in [-0.39, 0.29) is 48.3 Å². The van der Waals surface area contributed by atoms with E-state index in [1.165, 1.54) is 103 Å². The molecular formula is C76H78BN3Se. The van der Waals surface area contributed by atoms with E-state index in [0.717, 1.165) is 22.7 Å². The van der Waals surface area contributed by atoms with Gasteiger partial charge in [0.15, 0.2) is 0 Å². The fraction of sp³-hybridized carbons (Fsp3) is 0.263. The van der Waals surface area contributed by atoms with Crippen molar-refractivity contribution in [3.63, 3.8) is 0 Å². The van der Waals surface area contributed by atoms with E-state index in [9.17, 15) is 0 Å². The maximum absolute atomic E-state index is 2.64. The summed E-state index contributed by atoms with van der Waals surface area (Å²) in [5.74, 6) is 0. The normalized spacial score (nSPS) is 13.5. The van der Waals surface area contributed by atoms with E-state index >= 15 is 0 Å². The molecule has 10 aromatic rings. The van der Waals surface area contributed by atoms with Crippen LogP contribution < -0.4 is 30.0 Å². The maximum atomic E-state index is 2.64. The molecule has 0 unspecified atom stereocenters. The van der Waals surface area contributed by atoms with Crippen molar-refractivity contribution in [1.82, 2.24) is 0 Å². The minimum atomic E-state index is -0.0565. The summed E-state index contributed by atoms with van der Waals surface area (Å²) >= 11 is -0.0565. The predicted molar refractivity (Wildman–Crippen MR) is 354 cm³/mol. The molecule has 5 heteroatoms. The molecule has 1 aromatic heterocycles. The van der Waals surface area contributed by atoms with Gasteiger partial charge in [0.25, 0.3) is 0 Å². The standard InChI is InChI=1S/C76H78BN3Se/c1-72(2,3)50-27-36-55(37-28-50)78(56-38-29-51(30-39-56)73(4,5)6)59-44-46-64-67(48-59)79(57-40-31-52(32-41-57)74(7,8)9)65-25-20-26-66-68(65)77(64)71-69(80(66)58-42-33-53(34-43-58)75(10,11)12)62-24-19-23-61(70(62)81-71)60-45-35-54(76(13,14)15)47-63(60)49-21-17-16-18-22-49/h16-48H,1-15H3. The van der Waals surface area contributed by atoms with Crippen LogP contribution in [0.1, 0.15) is 132 Å². The van der Waals surface area contributed by atoms with Crippen molar-refractivity contribution in [3.8, 4) is 22.3 Å². The summed E-state index contributed by atoms with van der Waals surface area (Å²) in [7, 11) is 0. The third kappa shape index (κ3) is 9.79. The number of anilines is 9. The molecule has 81 heavy (non-hydrogen) atoms. The van der Waals surface area contributed by atoms with Gasteiger partial charge < -0.3 is 0 Å². The van der Waals surface area contributed by atoms with E-state index < -0.39 is 0 Å². The SMILES string of the molecule is CC(C)(C)c1ccc(N(c2ccc(C(C)(C)C)cc2)c2ccc3c(c2)N(c2ccc(C(C)(C)C)cc2)c2cccc4c2B3c2[se]c3c(-c5ccc(C(C)(C)C)cc5-c5ccccc5)cccc3c2N4c2ccc(C(C)(C)C)cc2)cc1. The van der Waals surface area contributed by atoms with Gasteiger partial charge in [-0.25, -0.2) is 0 Å². The molecule has 0 fully saturated rings. The quantitative estimate of drug-likeness (QED) is 0.147. The van der Waals surface area contributed by atoms with Gasteiger partial charge in [-0.3, -0.25) is 0 Å². The topological polar surface area (TPSA) is 9.72 Å². The van der Waals surface area contributed by atoms with Crippen LogP contribution in [0, 0.1) is 0 Å². The first-order valence-electron chi connectivity index (χ1n) is 29.2. The zero-order valence-electron chi connectivity index (χ0n) is 50.4. The van der Waals surface area contributed by atoms with Gasteiger partial charge in [-0.1, -0.05) is 41.5 Å². The van der Waals surface area contributed by atoms with E-state index in [4.69, 9.17) is 0 Å². The molecule has 0 N–H and O–H groups in total. The molecule has 2 aliphatic heterocycles. The predicted octanol–water partition coefficient (Wildman–Crippen LogP) is 19.3. The van der Waals surface area contributed by atoms with Gasteiger partial charge in [0.05, 0.1) is 0 Å². The Kier molecular flexibility index (Phi) is 13.2. The van der Waals surface area contributed by atoms with Crippen molar-refractivity contribution >= 4 is 97.3 Å². The first-order chi connectivity index (χ1) is 38.3. The van der Waals surface area contributed by atoms with Crippen LogP contribution in [0.3, 0.4) is 0 Å². The second-order valence-electron chi connectivity index (χ2n) is 28.0. The van der Waals surface area contributed by atoms with Crippen molar-refractivity contribution in [2.24, 2.45) is 0 Å². The Bertz CT molecular complexity index is 3930. The van der Waals surface area contributed by atoms with Gasteiger partial charge in [-0.05, 0) is 0 Å². The summed E-state index contributed by atoms with van der Waals surface area (Å²) in [5.41, 5.74) is 25.3.